The molecule has 1 aliphatic carbocycles. The number of aromatic nitrogens is 3. The zero-order chi connectivity index (χ0) is 17.6. The average Bonchev–Trinajstić information content (AvgIpc) is 3.05. The summed E-state index contributed by atoms with van der Waals surface area (Å²) in [6.07, 6.45) is 7.13. The van der Waals surface area contributed by atoms with Gasteiger partial charge in [-0.1, -0.05) is 6.58 Å². The molecule has 1 aliphatic heterocycles. The number of nitrogens with one attached hydrogen (secondary N) is 1. The van der Waals surface area contributed by atoms with E-state index in [0.717, 1.165) is 38.0 Å². The van der Waals surface area contributed by atoms with E-state index in [1.165, 1.54) is 6.08 Å². The number of rotatable bonds is 4. The number of halogens is 2. The topological polar surface area (TPSA) is 61.9 Å². The zero-order valence-electron chi connectivity index (χ0n) is 13.8. The summed E-state index contributed by atoms with van der Waals surface area (Å²) in [6.45, 7) is 4.95. The molecular weight excluding hydrogens is 326 g/mol. The van der Waals surface area contributed by atoms with Gasteiger partial charge in [-0.3, -0.25) is 4.79 Å². The third kappa shape index (κ3) is 3.03. The maximum atomic E-state index is 13.4. The first-order valence-electron chi connectivity index (χ1n) is 8.60. The molecule has 2 aliphatic rings. The van der Waals surface area contributed by atoms with Crippen LogP contribution < -0.4 is 0 Å². The number of H-pyrrole nitrogens is 1. The largest absolute Gasteiger partial charge is 0.344 e. The van der Waals surface area contributed by atoms with E-state index in [-0.39, 0.29) is 12.3 Å². The van der Waals surface area contributed by atoms with Crippen LogP contribution in [0, 0.1) is 5.92 Å². The van der Waals surface area contributed by atoms with Gasteiger partial charge in [-0.05, 0) is 31.3 Å². The van der Waals surface area contributed by atoms with E-state index in [2.05, 4.69) is 21.5 Å². The fourth-order valence-corrected chi connectivity index (χ4v) is 3.64. The first-order valence-corrected chi connectivity index (χ1v) is 8.60. The third-order valence-corrected chi connectivity index (χ3v) is 5.26. The number of amides is 1. The molecule has 2 fully saturated rings. The highest BCUT2D eigenvalue weighted by Gasteiger charge is 2.58. The molecule has 4 rings (SSSR count). The number of fused-ring (bicyclic) bond motifs is 1. The molecule has 1 saturated carbocycles. The van der Waals surface area contributed by atoms with Gasteiger partial charge >= 0.3 is 0 Å². The molecule has 132 valence electrons. The van der Waals surface area contributed by atoms with Gasteiger partial charge in [0, 0.05) is 31.3 Å². The van der Waals surface area contributed by atoms with Crippen molar-refractivity contribution in [1.29, 1.82) is 0 Å². The highest BCUT2D eigenvalue weighted by molar-refractivity contribution is 5.87. The van der Waals surface area contributed by atoms with Crippen molar-refractivity contribution < 1.29 is 13.6 Å². The second-order valence-electron chi connectivity index (χ2n) is 7.00. The molecule has 1 atom stereocenters. The number of carbonyl (C=O) groups is 1. The summed E-state index contributed by atoms with van der Waals surface area (Å²) in [6, 6.07) is 0. The molecule has 0 bridgehead atoms. The Hall–Kier alpha value is -2.31. The lowest BCUT2D eigenvalue weighted by molar-refractivity contribution is -0.127. The van der Waals surface area contributed by atoms with Gasteiger partial charge in [0.25, 0.3) is 5.92 Å². The van der Waals surface area contributed by atoms with E-state index in [1.807, 2.05) is 0 Å². The lowest BCUT2D eigenvalue weighted by atomic mass is 9.92. The Balaban J connectivity index is 1.47. The van der Waals surface area contributed by atoms with E-state index in [0.29, 0.717) is 22.6 Å². The summed E-state index contributed by atoms with van der Waals surface area (Å²) >= 11 is 0. The highest BCUT2D eigenvalue weighted by Crippen LogP contribution is 2.56. The second kappa shape index (κ2) is 5.89. The predicted octanol–water partition coefficient (Wildman–Crippen LogP) is 3.05. The fraction of sp³-hybridized carbons (Fsp3) is 0.500. The van der Waals surface area contributed by atoms with Crippen LogP contribution in [-0.2, 0) is 11.2 Å². The zero-order valence-corrected chi connectivity index (χ0v) is 13.8. The first-order chi connectivity index (χ1) is 12.0. The molecule has 2 aromatic rings. The molecule has 0 aromatic carbocycles. The molecule has 25 heavy (non-hydrogen) atoms. The molecular formula is C18H20F2N4O. The molecule has 1 N–H and O–H groups in total. The van der Waals surface area contributed by atoms with Gasteiger partial charge < -0.3 is 9.88 Å². The van der Waals surface area contributed by atoms with E-state index >= 15 is 0 Å². The van der Waals surface area contributed by atoms with Crippen molar-refractivity contribution in [2.75, 3.05) is 13.1 Å². The number of aromatic amines is 1. The van der Waals surface area contributed by atoms with Gasteiger partial charge in [-0.2, -0.15) is 0 Å². The highest BCUT2D eigenvalue weighted by atomic mass is 19.3. The number of carbonyl (C=O) groups excluding carboxylic acids is 1. The fourth-order valence-electron chi connectivity index (χ4n) is 3.64. The van der Waals surface area contributed by atoms with Gasteiger partial charge in [0.1, 0.15) is 5.52 Å². The van der Waals surface area contributed by atoms with Crippen molar-refractivity contribution >= 4 is 17.1 Å². The van der Waals surface area contributed by atoms with Crippen LogP contribution in [0.25, 0.3) is 11.2 Å². The SMILES string of the molecule is C=CC(=O)N1CCC(Cc2cnc3[nH]cc([C@H]4CC4(F)F)c3n2)CC1. The van der Waals surface area contributed by atoms with Gasteiger partial charge in [0.2, 0.25) is 5.91 Å². The number of alkyl halides is 2. The van der Waals surface area contributed by atoms with Crippen LogP contribution in [0.1, 0.15) is 36.4 Å². The number of likely N-dealkylation sites (tertiary alicyclic amines) is 1. The Morgan fingerprint density at radius 1 is 1.44 bits per heavy atom. The van der Waals surface area contributed by atoms with Crippen LogP contribution in [-0.4, -0.2) is 44.8 Å². The lowest BCUT2D eigenvalue weighted by Gasteiger charge is -2.31. The Morgan fingerprint density at radius 3 is 2.80 bits per heavy atom. The van der Waals surface area contributed by atoms with E-state index in [9.17, 15) is 13.6 Å². The van der Waals surface area contributed by atoms with Crippen LogP contribution in [0.15, 0.2) is 25.0 Å². The summed E-state index contributed by atoms with van der Waals surface area (Å²) in [5.74, 6) is -2.96. The van der Waals surface area contributed by atoms with E-state index in [1.54, 1.807) is 17.3 Å². The first kappa shape index (κ1) is 16.2. The summed E-state index contributed by atoms with van der Waals surface area (Å²) in [5, 5.41) is 0. The molecule has 2 aromatic heterocycles. The van der Waals surface area contributed by atoms with Crippen molar-refractivity contribution in [1.82, 2.24) is 19.9 Å². The summed E-state index contributed by atoms with van der Waals surface area (Å²) in [7, 11) is 0. The van der Waals surface area contributed by atoms with Crippen molar-refractivity contribution in [2.45, 2.75) is 37.5 Å². The molecule has 0 spiro atoms. The van der Waals surface area contributed by atoms with Crippen LogP contribution >= 0.6 is 0 Å². The molecule has 0 radical (unpaired) electrons. The minimum absolute atomic E-state index is 0.0259. The summed E-state index contributed by atoms with van der Waals surface area (Å²) in [5.41, 5.74) is 2.53. The van der Waals surface area contributed by atoms with Crippen molar-refractivity contribution in [2.24, 2.45) is 5.92 Å². The van der Waals surface area contributed by atoms with Gasteiger partial charge in [0.15, 0.2) is 5.65 Å². The van der Waals surface area contributed by atoms with Crippen LogP contribution in [0.3, 0.4) is 0 Å². The summed E-state index contributed by atoms with van der Waals surface area (Å²) < 4.78 is 26.8. The number of hydrogen-bond donors (Lipinski definition) is 1. The molecule has 0 unspecified atom stereocenters. The number of nitrogens with zero attached hydrogens (tertiary/aromatic N) is 3. The normalized spacial score (nSPS) is 23.0. The van der Waals surface area contributed by atoms with Crippen LogP contribution in [0.4, 0.5) is 8.78 Å². The van der Waals surface area contributed by atoms with Crippen LogP contribution in [0.2, 0.25) is 0 Å². The lowest BCUT2D eigenvalue weighted by Crippen LogP contribution is -2.37. The molecule has 1 saturated heterocycles. The molecule has 5 nitrogen and oxygen atoms in total. The van der Waals surface area contributed by atoms with Crippen LogP contribution in [0.5, 0.6) is 0 Å². The van der Waals surface area contributed by atoms with Gasteiger partial charge in [-0.25, -0.2) is 18.7 Å². The maximum absolute atomic E-state index is 13.4. The van der Waals surface area contributed by atoms with E-state index < -0.39 is 11.8 Å². The monoisotopic (exact) mass is 346 g/mol. The molecule has 3 heterocycles. The smallest absolute Gasteiger partial charge is 0.256 e. The Bertz CT molecular complexity index is 824. The summed E-state index contributed by atoms with van der Waals surface area (Å²) in [4.78, 5) is 25.3. The predicted molar refractivity (Wildman–Crippen MR) is 89.4 cm³/mol. The molecule has 7 heteroatoms. The maximum Gasteiger partial charge on any atom is 0.256 e. The number of hydrogen-bond acceptors (Lipinski definition) is 3. The van der Waals surface area contributed by atoms with Crippen molar-refractivity contribution in [3.63, 3.8) is 0 Å². The minimum atomic E-state index is -2.61. The van der Waals surface area contributed by atoms with Gasteiger partial charge in [0.05, 0.1) is 17.8 Å². The standard InChI is InChI=1S/C18H20F2N4O/c1-2-15(25)24-5-3-11(4-6-24)7-12-9-21-17-16(23-12)13(10-22-17)14-8-18(14,19)20/h2,9-11,14H,1,3-8H2,(H,21,22)/t14-/m1/s1. The van der Waals surface area contributed by atoms with Crippen molar-refractivity contribution in [3.05, 3.63) is 36.3 Å². The Labute approximate surface area is 144 Å². The number of piperidine rings is 1. The quantitative estimate of drug-likeness (QED) is 0.866. The average molecular weight is 346 g/mol. The van der Waals surface area contributed by atoms with E-state index in [4.69, 9.17) is 0 Å². The third-order valence-electron chi connectivity index (χ3n) is 5.26. The minimum Gasteiger partial charge on any atom is -0.344 e. The Morgan fingerprint density at radius 2 is 2.16 bits per heavy atom. The Kier molecular flexibility index (Phi) is 3.81. The molecule has 1 amide bonds. The second-order valence-corrected chi connectivity index (χ2v) is 7.00. The van der Waals surface area contributed by atoms with Crippen molar-refractivity contribution in [3.8, 4) is 0 Å². The van der Waals surface area contributed by atoms with Gasteiger partial charge in [-0.15, -0.1) is 0 Å².